The van der Waals surface area contributed by atoms with Crippen LogP contribution in [0.5, 0.6) is 11.5 Å². The third kappa shape index (κ3) is 3.91. The zero-order chi connectivity index (χ0) is 24.0. The minimum Gasteiger partial charge on any atom is -0.508 e. The van der Waals surface area contributed by atoms with Crippen LogP contribution in [0.15, 0.2) is 60.7 Å². The maximum atomic E-state index is 13.8. The number of phenolic OH excluding ortho intramolecular Hbond substituents is 2. The van der Waals surface area contributed by atoms with E-state index in [1.165, 1.54) is 29.9 Å². The Labute approximate surface area is 201 Å². The van der Waals surface area contributed by atoms with Crippen LogP contribution in [-0.2, 0) is 9.59 Å². The Morgan fingerprint density at radius 3 is 2.12 bits per heavy atom. The second kappa shape index (κ2) is 8.94. The van der Waals surface area contributed by atoms with Crippen LogP contribution >= 0.6 is 0 Å². The van der Waals surface area contributed by atoms with Crippen molar-refractivity contribution in [2.75, 3.05) is 4.90 Å². The first-order valence-corrected chi connectivity index (χ1v) is 12.5. The van der Waals surface area contributed by atoms with Gasteiger partial charge in [0.05, 0.1) is 11.6 Å². The van der Waals surface area contributed by atoms with E-state index in [-0.39, 0.29) is 29.2 Å². The summed E-state index contributed by atoms with van der Waals surface area (Å²) in [5.41, 5.74) is 1.50. The van der Waals surface area contributed by atoms with Gasteiger partial charge in [0.25, 0.3) is 0 Å². The molecule has 178 valence electrons. The predicted octanol–water partition coefficient (Wildman–Crippen LogP) is 5.64. The molecule has 2 aromatic carbocycles. The van der Waals surface area contributed by atoms with E-state index >= 15 is 0 Å². The molecule has 2 N–H and O–H groups in total. The first kappa shape index (κ1) is 22.7. The van der Waals surface area contributed by atoms with E-state index in [0.717, 1.165) is 18.4 Å². The lowest BCUT2D eigenvalue weighted by Crippen LogP contribution is -2.32. The van der Waals surface area contributed by atoms with Crippen molar-refractivity contribution >= 4 is 17.5 Å². The molecule has 1 heterocycles. The number of amides is 2. The fourth-order valence-corrected chi connectivity index (χ4v) is 6.75. The Morgan fingerprint density at radius 1 is 0.912 bits per heavy atom. The van der Waals surface area contributed by atoms with Crippen molar-refractivity contribution in [2.45, 2.75) is 45.4 Å². The Bertz CT molecular complexity index is 1090. The van der Waals surface area contributed by atoms with Gasteiger partial charge in [-0.15, -0.1) is 0 Å². The van der Waals surface area contributed by atoms with Crippen LogP contribution in [-0.4, -0.2) is 22.0 Å². The van der Waals surface area contributed by atoms with E-state index in [2.05, 4.69) is 19.1 Å². The summed E-state index contributed by atoms with van der Waals surface area (Å²) in [6.07, 6.45) is 9.10. The number of hydrogen-bond acceptors (Lipinski definition) is 4. The van der Waals surface area contributed by atoms with Gasteiger partial charge < -0.3 is 10.2 Å². The van der Waals surface area contributed by atoms with Crippen LogP contribution < -0.4 is 4.90 Å². The van der Waals surface area contributed by atoms with Crippen LogP contribution in [0.25, 0.3) is 0 Å². The van der Waals surface area contributed by atoms with Crippen molar-refractivity contribution in [3.8, 4) is 11.5 Å². The summed E-state index contributed by atoms with van der Waals surface area (Å²) < 4.78 is 0. The maximum absolute atomic E-state index is 13.8. The van der Waals surface area contributed by atoms with E-state index in [4.69, 9.17) is 0 Å². The molecule has 0 radical (unpaired) electrons. The van der Waals surface area contributed by atoms with E-state index in [1.807, 2.05) is 19.1 Å². The number of anilines is 1. The molecule has 1 saturated carbocycles. The predicted molar refractivity (Wildman–Crippen MR) is 131 cm³/mol. The summed E-state index contributed by atoms with van der Waals surface area (Å²) in [6, 6.07) is 13.4. The number of nitrogens with zero attached hydrogens (tertiary/aromatic N) is 1. The molecule has 1 saturated heterocycles. The molecule has 5 rings (SSSR count). The molecule has 2 aliphatic carbocycles. The lowest BCUT2D eigenvalue weighted by molar-refractivity contribution is -0.122. The van der Waals surface area contributed by atoms with Gasteiger partial charge in [0, 0.05) is 5.92 Å². The lowest BCUT2D eigenvalue weighted by Gasteiger charge is -2.34. The molecule has 2 aromatic rings. The molecule has 5 nitrogen and oxygen atoms in total. The molecule has 5 heteroatoms. The number of aromatic hydroxyl groups is 2. The number of phenols is 2. The summed E-state index contributed by atoms with van der Waals surface area (Å²) >= 11 is 0. The van der Waals surface area contributed by atoms with Gasteiger partial charge in [0.2, 0.25) is 11.8 Å². The van der Waals surface area contributed by atoms with Gasteiger partial charge in [-0.25, -0.2) is 0 Å². The lowest BCUT2D eigenvalue weighted by atomic mass is 9.70. The van der Waals surface area contributed by atoms with Gasteiger partial charge in [-0.1, -0.05) is 44.6 Å². The number of benzene rings is 2. The third-order valence-corrected chi connectivity index (χ3v) is 8.53. The molecule has 1 aliphatic heterocycles. The SMILES string of the molecule is CCC(CC(c1ccc(O)cc1)C1C(=O)N(c2ccc(O)cc2)C(=O)C1C)C1CC2C=CC1C2. The first-order chi connectivity index (χ1) is 16.4. The molecule has 0 spiro atoms. The highest BCUT2D eigenvalue weighted by Gasteiger charge is 2.50. The van der Waals surface area contributed by atoms with Crippen molar-refractivity contribution in [3.63, 3.8) is 0 Å². The molecule has 2 amide bonds. The number of imide groups is 1. The summed E-state index contributed by atoms with van der Waals surface area (Å²) in [4.78, 5) is 28.4. The number of allylic oxidation sites excluding steroid dienone is 2. The Morgan fingerprint density at radius 2 is 1.56 bits per heavy atom. The fourth-order valence-electron chi connectivity index (χ4n) is 6.75. The normalized spacial score (nSPS) is 29.7. The number of fused-ring (bicyclic) bond motifs is 2. The monoisotopic (exact) mass is 459 g/mol. The first-order valence-electron chi connectivity index (χ1n) is 12.5. The number of carbonyl (C=O) groups is 2. The second-order valence-electron chi connectivity index (χ2n) is 10.4. The van der Waals surface area contributed by atoms with E-state index in [9.17, 15) is 19.8 Å². The smallest absolute Gasteiger partial charge is 0.238 e. The average molecular weight is 460 g/mol. The number of rotatable bonds is 7. The standard InChI is InChI=1S/C29H33NO4/c1-3-19(25-15-18-4-5-21(25)14-18)16-26(20-6-10-23(31)11-7-20)27-17(2)28(33)30(29(27)34)22-8-12-24(32)13-9-22/h4-13,17-19,21,25-27,31-32H,3,14-16H2,1-2H3. The largest absolute Gasteiger partial charge is 0.508 e. The summed E-state index contributed by atoms with van der Waals surface area (Å²) in [5.74, 6) is 1.31. The zero-order valence-electron chi connectivity index (χ0n) is 19.8. The minimum absolute atomic E-state index is 0.0973. The zero-order valence-corrected chi connectivity index (χ0v) is 19.8. The fraction of sp³-hybridized carbons (Fsp3) is 0.448. The van der Waals surface area contributed by atoms with Crippen molar-refractivity contribution in [2.24, 2.45) is 35.5 Å². The average Bonchev–Trinajstić information content (AvgIpc) is 3.52. The Kier molecular flexibility index (Phi) is 5.97. The van der Waals surface area contributed by atoms with Gasteiger partial charge >= 0.3 is 0 Å². The highest BCUT2D eigenvalue weighted by molar-refractivity contribution is 6.22. The highest BCUT2D eigenvalue weighted by Crippen LogP contribution is 2.51. The molecule has 2 bridgehead atoms. The number of hydrogen-bond donors (Lipinski definition) is 2. The van der Waals surface area contributed by atoms with E-state index in [0.29, 0.717) is 29.4 Å². The van der Waals surface area contributed by atoms with Gasteiger partial charge in [0.15, 0.2) is 0 Å². The quantitative estimate of drug-likeness (QED) is 0.415. The van der Waals surface area contributed by atoms with Crippen molar-refractivity contribution in [3.05, 3.63) is 66.2 Å². The van der Waals surface area contributed by atoms with Crippen molar-refractivity contribution in [1.82, 2.24) is 0 Å². The molecule has 7 atom stereocenters. The van der Waals surface area contributed by atoms with E-state index in [1.54, 1.807) is 24.3 Å². The summed E-state index contributed by atoms with van der Waals surface area (Å²) in [5, 5.41) is 19.5. The molecule has 34 heavy (non-hydrogen) atoms. The van der Waals surface area contributed by atoms with E-state index < -0.39 is 11.8 Å². The van der Waals surface area contributed by atoms with Gasteiger partial charge in [0.1, 0.15) is 11.5 Å². The van der Waals surface area contributed by atoms with Gasteiger partial charge in [-0.3, -0.25) is 14.5 Å². The molecule has 0 aromatic heterocycles. The summed E-state index contributed by atoms with van der Waals surface area (Å²) in [7, 11) is 0. The minimum atomic E-state index is -0.464. The number of carbonyl (C=O) groups excluding carboxylic acids is 2. The molecular weight excluding hydrogens is 426 g/mol. The Balaban J connectivity index is 1.48. The van der Waals surface area contributed by atoms with Crippen LogP contribution in [0.3, 0.4) is 0 Å². The summed E-state index contributed by atoms with van der Waals surface area (Å²) in [6.45, 7) is 4.10. The topological polar surface area (TPSA) is 77.8 Å². The molecule has 7 unspecified atom stereocenters. The Hall–Kier alpha value is -3.08. The highest BCUT2D eigenvalue weighted by atomic mass is 16.3. The van der Waals surface area contributed by atoms with Crippen LogP contribution in [0.2, 0.25) is 0 Å². The van der Waals surface area contributed by atoms with Crippen molar-refractivity contribution in [1.29, 1.82) is 0 Å². The van der Waals surface area contributed by atoms with Crippen LogP contribution in [0, 0.1) is 35.5 Å². The van der Waals surface area contributed by atoms with Crippen LogP contribution in [0.1, 0.15) is 51.0 Å². The molecular formula is C29H33NO4. The van der Waals surface area contributed by atoms with Crippen molar-refractivity contribution < 1.29 is 19.8 Å². The van der Waals surface area contributed by atoms with Crippen LogP contribution in [0.4, 0.5) is 5.69 Å². The second-order valence-corrected chi connectivity index (χ2v) is 10.4. The molecule has 3 aliphatic rings. The maximum Gasteiger partial charge on any atom is 0.238 e. The molecule has 2 fully saturated rings. The van der Waals surface area contributed by atoms with Gasteiger partial charge in [-0.05, 0) is 90.8 Å². The van der Waals surface area contributed by atoms with Gasteiger partial charge in [-0.2, -0.15) is 0 Å². The third-order valence-electron chi connectivity index (χ3n) is 8.53.